The van der Waals surface area contributed by atoms with Gasteiger partial charge in [0, 0.05) is 24.3 Å². The van der Waals surface area contributed by atoms with Gasteiger partial charge < -0.3 is 15.0 Å². The minimum Gasteiger partial charge on any atom is -0.372 e. The molecule has 1 fully saturated rings. The third kappa shape index (κ3) is 4.79. The highest BCUT2D eigenvalue weighted by atomic mass is 19.1. The summed E-state index contributed by atoms with van der Waals surface area (Å²) < 4.78 is 32.6. The number of halogens is 2. The van der Waals surface area contributed by atoms with Crippen LogP contribution in [0.2, 0.25) is 0 Å². The van der Waals surface area contributed by atoms with E-state index in [9.17, 15) is 13.6 Å². The Bertz CT molecular complexity index is 765. The third-order valence-corrected chi connectivity index (χ3v) is 4.45. The van der Waals surface area contributed by atoms with Gasteiger partial charge in [0.15, 0.2) is 0 Å². The van der Waals surface area contributed by atoms with Crippen molar-refractivity contribution in [2.24, 2.45) is 0 Å². The highest BCUT2D eigenvalue weighted by Crippen LogP contribution is 2.18. The second kappa shape index (κ2) is 8.27. The number of anilines is 1. The molecule has 0 spiro atoms. The molecule has 1 aliphatic rings. The van der Waals surface area contributed by atoms with Crippen molar-refractivity contribution in [1.82, 2.24) is 4.90 Å². The number of carbonyl (C=O) groups excluding carboxylic acids is 1. The first-order valence-corrected chi connectivity index (χ1v) is 8.69. The van der Waals surface area contributed by atoms with E-state index in [2.05, 4.69) is 5.32 Å². The van der Waals surface area contributed by atoms with E-state index in [1.807, 2.05) is 31.2 Å². The van der Waals surface area contributed by atoms with Crippen LogP contribution in [-0.4, -0.2) is 30.1 Å². The number of nitrogens with one attached hydrogen (secondary N) is 1. The maximum absolute atomic E-state index is 13.7. The largest absolute Gasteiger partial charge is 0.372 e. The van der Waals surface area contributed by atoms with Crippen LogP contribution in [0.1, 0.15) is 24.0 Å². The van der Waals surface area contributed by atoms with E-state index >= 15 is 0 Å². The molecule has 2 aromatic rings. The van der Waals surface area contributed by atoms with Gasteiger partial charge in [-0.3, -0.25) is 0 Å². The monoisotopic (exact) mass is 360 g/mol. The molecule has 1 N–H and O–H groups in total. The van der Waals surface area contributed by atoms with E-state index in [0.29, 0.717) is 13.1 Å². The lowest BCUT2D eigenvalue weighted by Crippen LogP contribution is -2.45. The lowest BCUT2D eigenvalue weighted by atomic mass is 10.1. The molecular weight excluding hydrogens is 338 g/mol. The molecule has 1 atom stereocenters. The SMILES string of the molecule is Cc1ccc(NC(=O)N2CCC[C@@H](OCc3cc(F)ccc3F)C2)cc1. The van der Waals surface area contributed by atoms with Crippen LogP contribution in [-0.2, 0) is 11.3 Å². The summed E-state index contributed by atoms with van der Waals surface area (Å²) in [7, 11) is 0. The fourth-order valence-corrected chi connectivity index (χ4v) is 2.96. The highest BCUT2D eigenvalue weighted by Gasteiger charge is 2.24. The van der Waals surface area contributed by atoms with Gasteiger partial charge in [0.2, 0.25) is 0 Å². The second-order valence-electron chi connectivity index (χ2n) is 6.55. The van der Waals surface area contributed by atoms with Gasteiger partial charge in [0.05, 0.1) is 12.7 Å². The van der Waals surface area contributed by atoms with Gasteiger partial charge in [-0.05, 0) is 50.1 Å². The van der Waals surface area contributed by atoms with E-state index in [1.165, 1.54) is 0 Å². The second-order valence-corrected chi connectivity index (χ2v) is 6.55. The van der Waals surface area contributed by atoms with Crippen molar-refractivity contribution < 1.29 is 18.3 Å². The average Bonchev–Trinajstić information content (AvgIpc) is 2.64. The zero-order valence-corrected chi connectivity index (χ0v) is 14.7. The number of aryl methyl sites for hydroxylation is 1. The van der Waals surface area contributed by atoms with Gasteiger partial charge in [0.25, 0.3) is 0 Å². The van der Waals surface area contributed by atoms with Crippen LogP contribution in [0.4, 0.5) is 19.3 Å². The fourth-order valence-electron chi connectivity index (χ4n) is 2.96. The number of rotatable bonds is 4. The lowest BCUT2D eigenvalue weighted by molar-refractivity contribution is -0.000137. The summed E-state index contributed by atoms with van der Waals surface area (Å²) in [4.78, 5) is 14.1. The summed E-state index contributed by atoms with van der Waals surface area (Å²) in [5.41, 5.74) is 2.05. The van der Waals surface area contributed by atoms with Crippen LogP contribution in [0, 0.1) is 18.6 Å². The van der Waals surface area contributed by atoms with Crippen LogP contribution in [0.3, 0.4) is 0 Å². The van der Waals surface area contributed by atoms with Crippen LogP contribution >= 0.6 is 0 Å². The number of carbonyl (C=O) groups is 1. The molecular formula is C20H22F2N2O2. The zero-order valence-electron chi connectivity index (χ0n) is 14.7. The van der Waals surface area contributed by atoms with Crippen LogP contribution in [0.5, 0.6) is 0 Å². The number of benzene rings is 2. The smallest absolute Gasteiger partial charge is 0.321 e. The molecule has 0 unspecified atom stereocenters. The molecule has 138 valence electrons. The molecule has 0 aliphatic carbocycles. The van der Waals surface area contributed by atoms with E-state index in [1.54, 1.807) is 4.90 Å². The van der Waals surface area contributed by atoms with Gasteiger partial charge in [-0.25, -0.2) is 13.6 Å². The summed E-state index contributed by atoms with van der Waals surface area (Å²) in [5, 5.41) is 2.87. The molecule has 0 bridgehead atoms. The Morgan fingerprint density at radius 1 is 1.23 bits per heavy atom. The first-order chi connectivity index (χ1) is 12.5. The summed E-state index contributed by atoms with van der Waals surface area (Å²) in [6.07, 6.45) is 1.39. The predicted molar refractivity (Wildman–Crippen MR) is 95.9 cm³/mol. The van der Waals surface area contributed by atoms with Gasteiger partial charge in [-0.1, -0.05) is 17.7 Å². The Kier molecular flexibility index (Phi) is 5.83. The molecule has 26 heavy (non-hydrogen) atoms. The van der Waals surface area contributed by atoms with Crippen molar-refractivity contribution in [3.8, 4) is 0 Å². The molecule has 0 aromatic heterocycles. The van der Waals surface area contributed by atoms with Crippen LogP contribution < -0.4 is 5.32 Å². The number of amides is 2. The van der Waals surface area contributed by atoms with Crippen molar-refractivity contribution in [2.75, 3.05) is 18.4 Å². The van der Waals surface area contributed by atoms with Gasteiger partial charge in [0.1, 0.15) is 11.6 Å². The normalized spacial score (nSPS) is 17.2. The van der Waals surface area contributed by atoms with E-state index in [-0.39, 0.29) is 24.3 Å². The van der Waals surface area contributed by atoms with Crippen molar-refractivity contribution in [1.29, 1.82) is 0 Å². The molecule has 0 saturated carbocycles. The third-order valence-electron chi connectivity index (χ3n) is 4.45. The quantitative estimate of drug-likeness (QED) is 0.873. The Labute approximate surface area is 151 Å². The summed E-state index contributed by atoms with van der Waals surface area (Å²) in [5.74, 6) is -0.982. The first-order valence-electron chi connectivity index (χ1n) is 8.69. The molecule has 6 heteroatoms. The molecule has 0 radical (unpaired) electrons. The number of ether oxygens (including phenoxy) is 1. The molecule has 2 aromatic carbocycles. The topological polar surface area (TPSA) is 41.6 Å². The molecule has 1 heterocycles. The standard InChI is InChI=1S/C20H22F2N2O2/c1-14-4-7-17(8-5-14)23-20(25)24-10-2-3-18(12-24)26-13-15-11-16(21)6-9-19(15)22/h4-9,11,18H,2-3,10,12-13H2,1H3,(H,23,25)/t18-/m1/s1. The molecule has 1 aliphatic heterocycles. The molecule has 2 amide bonds. The minimum atomic E-state index is -0.493. The van der Waals surface area contributed by atoms with Crippen molar-refractivity contribution >= 4 is 11.7 Å². The van der Waals surface area contributed by atoms with Crippen LogP contribution in [0.15, 0.2) is 42.5 Å². The fraction of sp³-hybridized carbons (Fsp3) is 0.350. The predicted octanol–water partition coefficient (Wildman–Crippen LogP) is 4.49. The number of hydrogen-bond donors (Lipinski definition) is 1. The summed E-state index contributed by atoms with van der Waals surface area (Å²) in [6.45, 7) is 3.04. The summed E-state index contributed by atoms with van der Waals surface area (Å²) >= 11 is 0. The first kappa shape index (κ1) is 18.3. The van der Waals surface area contributed by atoms with Crippen molar-refractivity contribution in [3.05, 3.63) is 65.2 Å². The van der Waals surface area contributed by atoms with Crippen LogP contribution in [0.25, 0.3) is 0 Å². The number of nitrogens with zero attached hydrogens (tertiary/aromatic N) is 1. The minimum absolute atomic E-state index is 0.0122. The Hall–Kier alpha value is -2.47. The maximum Gasteiger partial charge on any atom is 0.321 e. The molecule has 1 saturated heterocycles. The highest BCUT2D eigenvalue weighted by molar-refractivity contribution is 5.89. The zero-order chi connectivity index (χ0) is 18.5. The number of urea groups is 1. The Morgan fingerprint density at radius 2 is 2.00 bits per heavy atom. The molecule has 3 rings (SSSR count). The summed E-state index contributed by atoms with van der Waals surface area (Å²) in [6, 6.07) is 10.7. The Balaban J connectivity index is 1.54. The van der Waals surface area contributed by atoms with Crippen molar-refractivity contribution in [3.63, 3.8) is 0 Å². The van der Waals surface area contributed by atoms with Gasteiger partial charge >= 0.3 is 6.03 Å². The average molecular weight is 360 g/mol. The Morgan fingerprint density at radius 3 is 2.77 bits per heavy atom. The van der Waals surface area contributed by atoms with Gasteiger partial charge in [-0.15, -0.1) is 0 Å². The number of likely N-dealkylation sites (tertiary alicyclic amines) is 1. The van der Waals surface area contributed by atoms with Crippen molar-refractivity contribution in [2.45, 2.75) is 32.5 Å². The molecule has 4 nitrogen and oxygen atoms in total. The van der Waals surface area contributed by atoms with E-state index < -0.39 is 11.6 Å². The van der Waals surface area contributed by atoms with Gasteiger partial charge in [-0.2, -0.15) is 0 Å². The maximum atomic E-state index is 13.7. The number of piperidine rings is 1. The lowest BCUT2D eigenvalue weighted by Gasteiger charge is -2.32. The number of hydrogen-bond acceptors (Lipinski definition) is 2. The van der Waals surface area contributed by atoms with E-state index in [4.69, 9.17) is 4.74 Å². The van der Waals surface area contributed by atoms with E-state index in [0.717, 1.165) is 42.3 Å².